The average Bonchev–Trinajstić information content (AvgIpc) is 3.03. The molecule has 0 bridgehead atoms. The van der Waals surface area contributed by atoms with Gasteiger partial charge in [0.1, 0.15) is 23.7 Å². The lowest BCUT2D eigenvalue weighted by Gasteiger charge is -2.20. The third-order valence-electron chi connectivity index (χ3n) is 5.17. The van der Waals surface area contributed by atoms with E-state index >= 15 is 0 Å². The number of benzene rings is 2. The maximum atomic E-state index is 10.7. The lowest BCUT2D eigenvalue weighted by atomic mass is 9.89. The number of aryl methyl sites for hydroxylation is 2. The molecule has 0 spiro atoms. The van der Waals surface area contributed by atoms with E-state index in [9.17, 15) is 20.4 Å². The Morgan fingerprint density at radius 3 is 1.89 bits per heavy atom. The molecule has 3 rings (SSSR count). The SMILES string of the molecule is CCc1c(O)cc(O)c(-c2cc(C)cc(C)c2)c1CC1O[C@@H](CO)[C@H](CO)O1. The van der Waals surface area contributed by atoms with E-state index < -0.39 is 18.5 Å². The second kappa shape index (κ2) is 8.49. The van der Waals surface area contributed by atoms with Gasteiger partial charge in [-0.3, -0.25) is 0 Å². The minimum absolute atomic E-state index is 0.00915. The molecule has 6 heteroatoms. The summed E-state index contributed by atoms with van der Waals surface area (Å²) in [4.78, 5) is 0. The zero-order valence-corrected chi connectivity index (χ0v) is 16.5. The molecule has 1 fully saturated rings. The van der Waals surface area contributed by atoms with Crippen molar-refractivity contribution in [3.63, 3.8) is 0 Å². The number of rotatable bonds is 6. The fourth-order valence-corrected chi connectivity index (χ4v) is 3.99. The molecule has 1 aliphatic heterocycles. The molecule has 0 aromatic heterocycles. The van der Waals surface area contributed by atoms with Crippen LogP contribution in [0, 0.1) is 13.8 Å². The number of hydrogen-bond donors (Lipinski definition) is 4. The van der Waals surface area contributed by atoms with Gasteiger partial charge in [0.2, 0.25) is 0 Å². The summed E-state index contributed by atoms with van der Waals surface area (Å²) in [6.45, 7) is 5.42. The molecule has 2 aromatic rings. The topological polar surface area (TPSA) is 99.4 Å². The normalized spacial score (nSPS) is 20.0. The summed E-state index contributed by atoms with van der Waals surface area (Å²) in [6, 6.07) is 7.41. The monoisotopic (exact) mass is 388 g/mol. The molecule has 2 atom stereocenters. The van der Waals surface area contributed by atoms with Crippen LogP contribution in [-0.4, -0.2) is 52.1 Å². The Kier molecular flexibility index (Phi) is 6.25. The van der Waals surface area contributed by atoms with E-state index in [2.05, 4.69) is 6.07 Å². The van der Waals surface area contributed by atoms with E-state index in [1.54, 1.807) is 0 Å². The van der Waals surface area contributed by atoms with E-state index in [4.69, 9.17) is 9.47 Å². The lowest BCUT2D eigenvalue weighted by molar-refractivity contribution is -0.0725. The fraction of sp³-hybridized carbons (Fsp3) is 0.455. The highest BCUT2D eigenvalue weighted by molar-refractivity contribution is 5.77. The van der Waals surface area contributed by atoms with Gasteiger partial charge in [-0.2, -0.15) is 0 Å². The first-order valence-electron chi connectivity index (χ1n) is 9.55. The maximum Gasteiger partial charge on any atom is 0.162 e. The van der Waals surface area contributed by atoms with Gasteiger partial charge in [0.05, 0.1) is 13.2 Å². The van der Waals surface area contributed by atoms with Crippen LogP contribution in [0.4, 0.5) is 0 Å². The van der Waals surface area contributed by atoms with Gasteiger partial charge in [0.25, 0.3) is 0 Å². The third-order valence-corrected chi connectivity index (χ3v) is 5.17. The molecule has 28 heavy (non-hydrogen) atoms. The molecule has 0 radical (unpaired) electrons. The number of aliphatic hydroxyl groups is 2. The number of aromatic hydroxyl groups is 2. The van der Waals surface area contributed by atoms with Crippen LogP contribution in [0.3, 0.4) is 0 Å². The Bertz CT molecular complexity index is 815. The number of phenols is 2. The van der Waals surface area contributed by atoms with Crippen LogP contribution in [0.15, 0.2) is 24.3 Å². The zero-order chi connectivity index (χ0) is 20.4. The van der Waals surface area contributed by atoms with E-state index in [0.29, 0.717) is 17.5 Å². The first kappa shape index (κ1) is 20.6. The van der Waals surface area contributed by atoms with Crippen molar-refractivity contribution >= 4 is 0 Å². The van der Waals surface area contributed by atoms with Crippen molar-refractivity contribution in [2.75, 3.05) is 13.2 Å². The fourth-order valence-electron chi connectivity index (χ4n) is 3.99. The number of ether oxygens (including phenoxy) is 2. The van der Waals surface area contributed by atoms with Crippen molar-refractivity contribution in [3.05, 3.63) is 46.5 Å². The Morgan fingerprint density at radius 2 is 1.39 bits per heavy atom. The molecule has 0 unspecified atom stereocenters. The van der Waals surface area contributed by atoms with Crippen molar-refractivity contribution in [2.24, 2.45) is 0 Å². The van der Waals surface area contributed by atoms with Gasteiger partial charge in [-0.1, -0.05) is 36.2 Å². The molecule has 1 aliphatic rings. The molecular formula is C22H28O6. The summed E-state index contributed by atoms with van der Waals surface area (Å²) in [5.74, 6) is 0.0173. The van der Waals surface area contributed by atoms with Crippen molar-refractivity contribution in [3.8, 4) is 22.6 Å². The summed E-state index contributed by atoms with van der Waals surface area (Å²) in [6.07, 6.45) is -1.05. The average molecular weight is 388 g/mol. The molecule has 0 saturated carbocycles. The van der Waals surface area contributed by atoms with Crippen LogP contribution >= 0.6 is 0 Å². The molecule has 4 N–H and O–H groups in total. The summed E-state index contributed by atoms with van der Waals surface area (Å²) < 4.78 is 11.5. The molecule has 0 aliphatic carbocycles. The second-order valence-electron chi connectivity index (χ2n) is 7.32. The molecule has 1 saturated heterocycles. The Morgan fingerprint density at radius 1 is 0.821 bits per heavy atom. The van der Waals surface area contributed by atoms with E-state index in [1.165, 1.54) is 6.07 Å². The molecular weight excluding hydrogens is 360 g/mol. The van der Waals surface area contributed by atoms with Gasteiger partial charge < -0.3 is 29.9 Å². The predicted molar refractivity (Wildman–Crippen MR) is 105 cm³/mol. The van der Waals surface area contributed by atoms with Crippen molar-refractivity contribution in [1.29, 1.82) is 0 Å². The number of hydrogen-bond acceptors (Lipinski definition) is 6. The highest BCUT2D eigenvalue weighted by atomic mass is 16.7. The first-order valence-corrected chi connectivity index (χ1v) is 9.55. The Balaban J connectivity index is 2.08. The first-order chi connectivity index (χ1) is 13.4. The molecule has 2 aromatic carbocycles. The molecule has 0 amide bonds. The predicted octanol–water partition coefficient (Wildman–Crippen LogP) is 2.58. The Hall–Kier alpha value is -2.12. The second-order valence-corrected chi connectivity index (χ2v) is 7.32. The Labute approximate surface area is 165 Å². The molecule has 1 heterocycles. The van der Waals surface area contributed by atoms with Gasteiger partial charge in [-0.25, -0.2) is 0 Å². The highest BCUT2D eigenvalue weighted by Crippen LogP contribution is 2.41. The van der Waals surface area contributed by atoms with Crippen molar-refractivity contribution < 1.29 is 29.9 Å². The molecule has 6 nitrogen and oxygen atoms in total. The maximum absolute atomic E-state index is 10.7. The summed E-state index contributed by atoms with van der Waals surface area (Å²) in [5, 5.41) is 40.0. The van der Waals surface area contributed by atoms with Crippen LogP contribution < -0.4 is 0 Å². The van der Waals surface area contributed by atoms with Crippen molar-refractivity contribution in [1.82, 2.24) is 0 Å². The molecule has 152 valence electrons. The largest absolute Gasteiger partial charge is 0.508 e. The minimum atomic E-state index is -0.689. The highest BCUT2D eigenvalue weighted by Gasteiger charge is 2.36. The smallest absolute Gasteiger partial charge is 0.162 e. The van der Waals surface area contributed by atoms with Gasteiger partial charge in [-0.05, 0) is 37.0 Å². The van der Waals surface area contributed by atoms with Crippen LogP contribution in [0.2, 0.25) is 0 Å². The van der Waals surface area contributed by atoms with Crippen LogP contribution in [0.25, 0.3) is 11.1 Å². The van der Waals surface area contributed by atoms with Crippen LogP contribution in [-0.2, 0) is 22.3 Å². The summed E-state index contributed by atoms with van der Waals surface area (Å²) in [7, 11) is 0. The third kappa shape index (κ3) is 4.00. The van der Waals surface area contributed by atoms with Gasteiger partial charge in [-0.15, -0.1) is 0 Å². The van der Waals surface area contributed by atoms with Crippen molar-refractivity contribution in [2.45, 2.75) is 52.1 Å². The van der Waals surface area contributed by atoms with Gasteiger partial charge in [0, 0.05) is 18.1 Å². The number of aliphatic hydroxyl groups excluding tert-OH is 2. The quantitative estimate of drug-likeness (QED) is 0.607. The van der Waals surface area contributed by atoms with Crippen LogP contribution in [0.1, 0.15) is 29.2 Å². The van der Waals surface area contributed by atoms with Crippen LogP contribution in [0.5, 0.6) is 11.5 Å². The summed E-state index contributed by atoms with van der Waals surface area (Å²) in [5.41, 5.74) is 5.09. The summed E-state index contributed by atoms with van der Waals surface area (Å²) >= 11 is 0. The lowest BCUT2D eigenvalue weighted by Crippen LogP contribution is -2.29. The minimum Gasteiger partial charge on any atom is -0.508 e. The van der Waals surface area contributed by atoms with E-state index in [0.717, 1.165) is 22.3 Å². The zero-order valence-electron chi connectivity index (χ0n) is 16.5. The van der Waals surface area contributed by atoms with E-state index in [-0.39, 0.29) is 31.1 Å². The van der Waals surface area contributed by atoms with Gasteiger partial charge >= 0.3 is 0 Å². The number of phenolic OH excluding ortho intramolecular Hbond substituents is 2. The van der Waals surface area contributed by atoms with Gasteiger partial charge in [0.15, 0.2) is 6.29 Å². The van der Waals surface area contributed by atoms with E-state index in [1.807, 2.05) is 32.9 Å². The standard InChI is InChI=1S/C22H28O6/c1-4-15-16(8-21-27-19(10-23)20(11-24)28-21)22(18(26)9-17(15)25)14-6-12(2)5-13(3)7-14/h5-7,9,19-21,23-26H,4,8,10-11H2,1-3H3/t19-,20-/m0/s1.